The lowest BCUT2D eigenvalue weighted by atomic mass is 9.70. The lowest BCUT2D eigenvalue weighted by molar-refractivity contribution is -0.150. The van der Waals surface area contributed by atoms with Crippen LogP contribution in [-0.4, -0.2) is 17.6 Å². The molecule has 18 heavy (non-hydrogen) atoms. The fourth-order valence-electron chi connectivity index (χ4n) is 3.28. The quantitative estimate of drug-likeness (QED) is 0.859. The lowest BCUT2D eigenvalue weighted by Gasteiger charge is -2.33. The minimum Gasteiger partial charge on any atom is -0.481 e. The van der Waals surface area contributed by atoms with Crippen LogP contribution >= 0.6 is 0 Å². The summed E-state index contributed by atoms with van der Waals surface area (Å²) in [6.07, 6.45) is 3.49. The number of rotatable bonds is 4. The first-order valence-corrected chi connectivity index (χ1v) is 6.60. The largest absolute Gasteiger partial charge is 0.481 e. The summed E-state index contributed by atoms with van der Waals surface area (Å²) in [6.45, 7) is 2.43. The van der Waals surface area contributed by atoms with Gasteiger partial charge in [-0.15, -0.1) is 0 Å². The van der Waals surface area contributed by atoms with E-state index in [9.17, 15) is 9.90 Å². The fourth-order valence-corrected chi connectivity index (χ4v) is 3.28. The van der Waals surface area contributed by atoms with E-state index in [4.69, 9.17) is 5.73 Å². The normalized spacial score (nSPS) is 19.7. The Kier molecular flexibility index (Phi) is 3.71. The smallest absolute Gasteiger partial charge is 0.310 e. The van der Waals surface area contributed by atoms with Gasteiger partial charge < -0.3 is 10.8 Å². The van der Waals surface area contributed by atoms with Gasteiger partial charge in [0.15, 0.2) is 0 Å². The molecule has 0 unspecified atom stereocenters. The van der Waals surface area contributed by atoms with Crippen molar-refractivity contribution < 1.29 is 9.90 Å². The van der Waals surface area contributed by atoms with Crippen molar-refractivity contribution in [3.63, 3.8) is 0 Å². The molecule has 1 saturated carbocycles. The molecule has 3 N–H and O–H groups in total. The number of benzene rings is 1. The zero-order valence-corrected chi connectivity index (χ0v) is 10.9. The van der Waals surface area contributed by atoms with Crippen LogP contribution < -0.4 is 5.73 Å². The van der Waals surface area contributed by atoms with Crippen molar-refractivity contribution in [1.82, 2.24) is 0 Å². The van der Waals surface area contributed by atoms with Crippen molar-refractivity contribution in [3.05, 3.63) is 35.4 Å². The summed E-state index contributed by atoms with van der Waals surface area (Å²) >= 11 is 0. The van der Waals surface area contributed by atoms with Crippen molar-refractivity contribution >= 4 is 5.97 Å². The van der Waals surface area contributed by atoms with E-state index in [0.717, 1.165) is 36.8 Å². The number of hydrogen-bond donors (Lipinski definition) is 2. The standard InChI is InChI=1S/C15H21NO2/c1-11-5-4-6-12(9-11)13(10-16)15(14(17)18)7-2-3-8-15/h4-6,9,13H,2-3,7-8,10,16H2,1H3,(H,17,18)/t13-/m0/s1. The van der Waals surface area contributed by atoms with Crippen molar-refractivity contribution in [2.75, 3.05) is 6.54 Å². The molecular formula is C15H21NO2. The Hall–Kier alpha value is -1.35. The van der Waals surface area contributed by atoms with Gasteiger partial charge in [-0.2, -0.15) is 0 Å². The summed E-state index contributed by atoms with van der Waals surface area (Å²) in [5.74, 6) is -0.755. The van der Waals surface area contributed by atoms with E-state index < -0.39 is 11.4 Å². The highest BCUT2D eigenvalue weighted by Gasteiger charge is 2.47. The van der Waals surface area contributed by atoms with Gasteiger partial charge in [0.25, 0.3) is 0 Å². The molecule has 3 heteroatoms. The summed E-state index contributed by atoms with van der Waals surface area (Å²) < 4.78 is 0. The molecule has 1 aliphatic carbocycles. The summed E-state index contributed by atoms with van der Waals surface area (Å²) in [4.78, 5) is 11.7. The Morgan fingerprint density at radius 2 is 2.11 bits per heavy atom. The van der Waals surface area contributed by atoms with Crippen molar-refractivity contribution in [2.45, 2.75) is 38.5 Å². The minimum atomic E-state index is -0.683. The highest BCUT2D eigenvalue weighted by atomic mass is 16.4. The van der Waals surface area contributed by atoms with E-state index >= 15 is 0 Å². The molecule has 0 saturated heterocycles. The Morgan fingerprint density at radius 3 is 2.61 bits per heavy atom. The van der Waals surface area contributed by atoms with Gasteiger partial charge in [-0.3, -0.25) is 4.79 Å². The number of hydrogen-bond acceptors (Lipinski definition) is 2. The van der Waals surface area contributed by atoms with Gasteiger partial charge >= 0.3 is 5.97 Å². The molecule has 0 aromatic heterocycles. The molecule has 3 nitrogen and oxygen atoms in total. The molecule has 98 valence electrons. The molecule has 1 aromatic rings. The Bertz CT molecular complexity index is 436. The van der Waals surface area contributed by atoms with Gasteiger partial charge in [-0.1, -0.05) is 42.7 Å². The fraction of sp³-hybridized carbons (Fsp3) is 0.533. The molecule has 0 aliphatic heterocycles. The molecular weight excluding hydrogens is 226 g/mol. The van der Waals surface area contributed by atoms with Crippen molar-refractivity contribution in [2.24, 2.45) is 11.1 Å². The Balaban J connectivity index is 2.40. The summed E-state index contributed by atoms with van der Waals surface area (Å²) in [7, 11) is 0. The molecule has 2 rings (SSSR count). The highest BCUT2D eigenvalue weighted by Crippen LogP contribution is 2.48. The molecule has 1 atom stereocenters. The average molecular weight is 247 g/mol. The molecule has 0 radical (unpaired) electrons. The van der Waals surface area contributed by atoms with Crippen molar-refractivity contribution in [3.8, 4) is 0 Å². The highest BCUT2D eigenvalue weighted by molar-refractivity contribution is 5.76. The maximum atomic E-state index is 11.7. The predicted molar refractivity (Wildman–Crippen MR) is 71.5 cm³/mol. The first-order chi connectivity index (χ1) is 8.60. The molecule has 0 bridgehead atoms. The Morgan fingerprint density at radius 1 is 1.44 bits per heavy atom. The van der Waals surface area contributed by atoms with Crippen LogP contribution in [0.3, 0.4) is 0 Å². The van der Waals surface area contributed by atoms with E-state index in [1.165, 1.54) is 0 Å². The van der Waals surface area contributed by atoms with Crippen LogP contribution in [0.4, 0.5) is 0 Å². The van der Waals surface area contributed by atoms with Crippen LogP contribution in [-0.2, 0) is 4.79 Å². The van der Waals surface area contributed by atoms with Crippen LogP contribution in [0.25, 0.3) is 0 Å². The maximum Gasteiger partial charge on any atom is 0.310 e. The monoisotopic (exact) mass is 247 g/mol. The van der Waals surface area contributed by atoms with Crippen molar-refractivity contribution in [1.29, 1.82) is 0 Å². The van der Waals surface area contributed by atoms with E-state index in [1.807, 2.05) is 25.1 Å². The maximum absolute atomic E-state index is 11.7. The number of carboxylic acids is 1. The van der Waals surface area contributed by atoms with Crippen LogP contribution in [0.2, 0.25) is 0 Å². The molecule has 0 amide bonds. The van der Waals surface area contributed by atoms with Gasteiger partial charge in [0.2, 0.25) is 0 Å². The zero-order chi connectivity index (χ0) is 13.2. The average Bonchev–Trinajstić information content (AvgIpc) is 2.81. The van der Waals surface area contributed by atoms with Gasteiger partial charge in [0, 0.05) is 12.5 Å². The van der Waals surface area contributed by atoms with E-state index in [-0.39, 0.29) is 5.92 Å². The number of nitrogens with two attached hydrogens (primary N) is 1. The van der Waals surface area contributed by atoms with Crippen LogP contribution in [0.5, 0.6) is 0 Å². The summed E-state index contributed by atoms with van der Waals surface area (Å²) in [6, 6.07) is 8.09. The Labute approximate surface area is 108 Å². The topological polar surface area (TPSA) is 63.3 Å². The third-order valence-electron chi connectivity index (χ3n) is 4.27. The lowest BCUT2D eigenvalue weighted by Crippen LogP contribution is -2.38. The predicted octanol–water partition coefficient (Wildman–Crippen LogP) is 2.68. The molecule has 1 aliphatic rings. The van der Waals surface area contributed by atoms with E-state index in [2.05, 4.69) is 6.07 Å². The molecule has 0 spiro atoms. The van der Waals surface area contributed by atoms with Gasteiger partial charge in [0.1, 0.15) is 0 Å². The van der Waals surface area contributed by atoms with Crippen LogP contribution in [0.1, 0.15) is 42.7 Å². The number of carboxylic acid groups (broad SMARTS) is 1. The summed E-state index contributed by atoms with van der Waals surface area (Å²) in [5.41, 5.74) is 7.47. The van der Waals surface area contributed by atoms with Crippen LogP contribution in [0.15, 0.2) is 24.3 Å². The molecule has 1 aromatic carbocycles. The zero-order valence-electron chi connectivity index (χ0n) is 10.9. The first-order valence-electron chi connectivity index (χ1n) is 6.60. The van der Waals surface area contributed by atoms with E-state index in [0.29, 0.717) is 6.54 Å². The SMILES string of the molecule is Cc1cccc([C@H](CN)C2(C(=O)O)CCCC2)c1. The second-order valence-electron chi connectivity index (χ2n) is 5.37. The first kappa shape index (κ1) is 13.1. The third kappa shape index (κ3) is 2.15. The number of carbonyl (C=O) groups is 1. The minimum absolute atomic E-state index is 0.0719. The third-order valence-corrected chi connectivity index (χ3v) is 4.27. The second-order valence-corrected chi connectivity index (χ2v) is 5.37. The molecule has 1 fully saturated rings. The summed E-state index contributed by atoms with van der Waals surface area (Å²) in [5, 5.41) is 9.64. The van der Waals surface area contributed by atoms with Crippen LogP contribution in [0, 0.1) is 12.3 Å². The van der Waals surface area contributed by atoms with Gasteiger partial charge in [-0.25, -0.2) is 0 Å². The van der Waals surface area contributed by atoms with E-state index in [1.54, 1.807) is 0 Å². The number of aliphatic carboxylic acids is 1. The molecule has 0 heterocycles. The second kappa shape index (κ2) is 5.11. The van der Waals surface area contributed by atoms with Gasteiger partial charge in [-0.05, 0) is 25.3 Å². The number of aryl methyl sites for hydroxylation is 1. The van der Waals surface area contributed by atoms with Gasteiger partial charge in [0.05, 0.1) is 5.41 Å².